The van der Waals surface area contributed by atoms with E-state index in [-0.39, 0.29) is 11.7 Å². The zero-order valence-electron chi connectivity index (χ0n) is 18.1. The Hall–Kier alpha value is -2.44. The Morgan fingerprint density at radius 1 is 0.935 bits per heavy atom. The van der Waals surface area contributed by atoms with Crippen LogP contribution in [0.5, 0.6) is 5.75 Å². The number of hydrogen-bond acceptors (Lipinski definition) is 4. The highest BCUT2D eigenvalue weighted by Crippen LogP contribution is 2.20. The van der Waals surface area contributed by atoms with Gasteiger partial charge in [0.25, 0.3) is 0 Å². The Morgan fingerprint density at radius 2 is 1.74 bits per heavy atom. The van der Waals surface area contributed by atoms with E-state index in [0.29, 0.717) is 25.6 Å². The third kappa shape index (κ3) is 6.28. The van der Waals surface area contributed by atoms with E-state index in [1.807, 2.05) is 41.3 Å². The molecule has 31 heavy (non-hydrogen) atoms. The molecule has 1 unspecified atom stereocenters. The van der Waals surface area contributed by atoms with E-state index < -0.39 is 0 Å². The number of carbonyl (C=O) groups is 1. The molecule has 0 spiro atoms. The van der Waals surface area contributed by atoms with Crippen LogP contribution in [0.15, 0.2) is 54.6 Å². The number of para-hydroxylation sites is 1. The summed E-state index contributed by atoms with van der Waals surface area (Å²) in [4.78, 5) is 19.5. The average Bonchev–Trinajstić information content (AvgIpc) is 2.97. The van der Waals surface area contributed by atoms with Crippen LogP contribution in [-0.2, 0) is 11.3 Å². The van der Waals surface area contributed by atoms with Crippen molar-refractivity contribution in [3.63, 3.8) is 0 Å². The second-order valence-corrected chi connectivity index (χ2v) is 8.47. The minimum atomic E-state index is -0.169. The predicted molar refractivity (Wildman–Crippen MR) is 119 cm³/mol. The molecule has 0 aromatic heterocycles. The standard InChI is InChI=1S/C25H32FN3O2/c26-22-6-4-5-21(19-22)20-27-13-15-28(16-14-27)23-9-10-25(30)29(12-11-23)17-18-31-24-7-2-1-3-8-24/h1-8,19,23H,9-18,20H2. The molecule has 1 amide bonds. The topological polar surface area (TPSA) is 36.0 Å². The summed E-state index contributed by atoms with van der Waals surface area (Å²) in [5.41, 5.74) is 1.03. The first-order valence-corrected chi connectivity index (χ1v) is 11.3. The van der Waals surface area contributed by atoms with Crippen LogP contribution >= 0.6 is 0 Å². The summed E-state index contributed by atoms with van der Waals surface area (Å²) in [5, 5.41) is 0. The maximum atomic E-state index is 13.4. The van der Waals surface area contributed by atoms with Crippen molar-refractivity contribution in [2.24, 2.45) is 0 Å². The van der Waals surface area contributed by atoms with Crippen LogP contribution < -0.4 is 4.74 Å². The number of piperazine rings is 1. The van der Waals surface area contributed by atoms with Gasteiger partial charge in [-0.05, 0) is 42.7 Å². The van der Waals surface area contributed by atoms with Gasteiger partial charge < -0.3 is 9.64 Å². The number of hydrogen-bond donors (Lipinski definition) is 0. The van der Waals surface area contributed by atoms with Crippen molar-refractivity contribution in [2.75, 3.05) is 45.9 Å². The Balaban J connectivity index is 1.21. The van der Waals surface area contributed by atoms with Crippen LogP contribution in [0.1, 0.15) is 24.8 Å². The Morgan fingerprint density at radius 3 is 2.52 bits per heavy atom. The lowest BCUT2D eigenvalue weighted by Crippen LogP contribution is -2.50. The van der Waals surface area contributed by atoms with Gasteiger partial charge in [-0.2, -0.15) is 0 Å². The second kappa shape index (κ2) is 10.7. The molecule has 166 valence electrons. The monoisotopic (exact) mass is 425 g/mol. The van der Waals surface area contributed by atoms with E-state index in [0.717, 1.165) is 63.4 Å². The second-order valence-electron chi connectivity index (χ2n) is 8.47. The van der Waals surface area contributed by atoms with Gasteiger partial charge >= 0.3 is 0 Å². The van der Waals surface area contributed by atoms with Crippen LogP contribution in [-0.4, -0.2) is 72.5 Å². The first kappa shape index (κ1) is 21.8. The van der Waals surface area contributed by atoms with Crippen LogP contribution in [0, 0.1) is 5.82 Å². The molecule has 2 aliphatic heterocycles. The molecule has 5 nitrogen and oxygen atoms in total. The molecule has 0 radical (unpaired) electrons. The van der Waals surface area contributed by atoms with Gasteiger partial charge in [0.05, 0.1) is 6.54 Å². The number of nitrogens with zero attached hydrogens (tertiary/aromatic N) is 3. The lowest BCUT2D eigenvalue weighted by molar-refractivity contribution is -0.131. The van der Waals surface area contributed by atoms with Gasteiger partial charge in [0.1, 0.15) is 18.2 Å². The van der Waals surface area contributed by atoms with E-state index in [2.05, 4.69) is 9.80 Å². The van der Waals surface area contributed by atoms with Crippen molar-refractivity contribution < 1.29 is 13.9 Å². The first-order valence-electron chi connectivity index (χ1n) is 11.3. The number of rotatable bonds is 7. The van der Waals surface area contributed by atoms with Gasteiger partial charge in [-0.25, -0.2) is 4.39 Å². The summed E-state index contributed by atoms with van der Waals surface area (Å²) in [5.74, 6) is 0.917. The van der Waals surface area contributed by atoms with Gasteiger partial charge in [-0.1, -0.05) is 30.3 Å². The highest BCUT2D eigenvalue weighted by molar-refractivity contribution is 5.76. The van der Waals surface area contributed by atoms with E-state index in [1.165, 1.54) is 6.07 Å². The summed E-state index contributed by atoms with van der Waals surface area (Å²) in [6.45, 7) is 6.73. The molecule has 0 aliphatic carbocycles. The zero-order valence-corrected chi connectivity index (χ0v) is 18.1. The van der Waals surface area contributed by atoms with Crippen LogP contribution in [0.25, 0.3) is 0 Å². The maximum Gasteiger partial charge on any atom is 0.222 e. The van der Waals surface area contributed by atoms with Crippen molar-refractivity contribution in [1.29, 1.82) is 0 Å². The summed E-state index contributed by atoms with van der Waals surface area (Å²) in [6.07, 6.45) is 2.55. The van der Waals surface area contributed by atoms with E-state index in [1.54, 1.807) is 12.1 Å². The summed E-state index contributed by atoms with van der Waals surface area (Å²) < 4.78 is 19.2. The number of halogens is 1. The predicted octanol–water partition coefficient (Wildman–Crippen LogP) is 3.40. The SMILES string of the molecule is O=C1CCC(N2CCN(Cc3cccc(F)c3)CC2)CCN1CCOc1ccccc1. The minimum Gasteiger partial charge on any atom is -0.492 e. The molecule has 0 N–H and O–H groups in total. The summed E-state index contributed by atoms with van der Waals surface area (Å²) in [6, 6.07) is 17.1. The van der Waals surface area contributed by atoms with Gasteiger partial charge in [0, 0.05) is 51.7 Å². The highest BCUT2D eigenvalue weighted by Gasteiger charge is 2.28. The third-order valence-corrected chi connectivity index (χ3v) is 6.37. The molecule has 2 fully saturated rings. The summed E-state index contributed by atoms with van der Waals surface area (Å²) >= 11 is 0. The van der Waals surface area contributed by atoms with E-state index >= 15 is 0 Å². The smallest absolute Gasteiger partial charge is 0.222 e. The zero-order chi connectivity index (χ0) is 21.5. The number of ether oxygens (including phenoxy) is 1. The van der Waals surface area contributed by atoms with E-state index in [9.17, 15) is 9.18 Å². The molecule has 2 aliphatic rings. The molecule has 2 aromatic carbocycles. The molecule has 0 saturated carbocycles. The first-order chi connectivity index (χ1) is 15.2. The highest BCUT2D eigenvalue weighted by atomic mass is 19.1. The molecule has 0 bridgehead atoms. The van der Waals surface area contributed by atoms with E-state index in [4.69, 9.17) is 4.74 Å². The van der Waals surface area contributed by atoms with Gasteiger partial charge in [0.2, 0.25) is 5.91 Å². The molecular weight excluding hydrogens is 393 g/mol. The van der Waals surface area contributed by atoms with Gasteiger partial charge in [-0.15, -0.1) is 0 Å². The van der Waals surface area contributed by atoms with Crippen molar-refractivity contribution in [3.05, 3.63) is 66.0 Å². The maximum absolute atomic E-state index is 13.4. The van der Waals surface area contributed by atoms with Crippen molar-refractivity contribution in [3.8, 4) is 5.75 Å². The van der Waals surface area contributed by atoms with Crippen LogP contribution in [0.3, 0.4) is 0 Å². The Kier molecular flexibility index (Phi) is 7.54. The van der Waals surface area contributed by atoms with Crippen LogP contribution in [0.4, 0.5) is 4.39 Å². The normalized spacial score (nSPS) is 21.1. The minimum absolute atomic E-state index is 0.169. The molecule has 2 saturated heterocycles. The Bertz CT molecular complexity index is 840. The molecule has 6 heteroatoms. The molecule has 1 atom stereocenters. The third-order valence-electron chi connectivity index (χ3n) is 6.37. The number of carbonyl (C=O) groups excluding carboxylic acids is 1. The molecule has 2 heterocycles. The quantitative estimate of drug-likeness (QED) is 0.681. The fraction of sp³-hybridized carbons (Fsp3) is 0.480. The lowest BCUT2D eigenvalue weighted by Gasteiger charge is -2.39. The fourth-order valence-electron chi connectivity index (χ4n) is 4.59. The Labute approximate surface area is 184 Å². The van der Waals surface area contributed by atoms with Gasteiger partial charge in [-0.3, -0.25) is 14.6 Å². The number of benzene rings is 2. The van der Waals surface area contributed by atoms with Gasteiger partial charge in [0.15, 0.2) is 0 Å². The number of amides is 1. The average molecular weight is 426 g/mol. The van der Waals surface area contributed by atoms with Crippen molar-refractivity contribution in [1.82, 2.24) is 14.7 Å². The van der Waals surface area contributed by atoms with Crippen LogP contribution in [0.2, 0.25) is 0 Å². The van der Waals surface area contributed by atoms with Crippen molar-refractivity contribution >= 4 is 5.91 Å². The lowest BCUT2D eigenvalue weighted by atomic mass is 10.1. The summed E-state index contributed by atoms with van der Waals surface area (Å²) in [7, 11) is 0. The molecule has 4 rings (SSSR count). The fourth-order valence-corrected chi connectivity index (χ4v) is 4.59. The molecule has 2 aromatic rings. The largest absolute Gasteiger partial charge is 0.492 e. The molecular formula is C25H32FN3O2. The van der Waals surface area contributed by atoms with Crippen molar-refractivity contribution in [2.45, 2.75) is 31.8 Å². The number of likely N-dealkylation sites (tertiary alicyclic amines) is 1.